The highest BCUT2D eigenvalue weighted by Gasteiger charge is 2.23. The molecule has 0 spiro atoms. The molecule has 0 aliphatic carbocycles. The van der Waals surface area contributed by atoms with Crippen LogP contribution in [0, 0.1) is 0 Å². The van der Waals surface area contributed by atoms with Crippen molar-refractivity contribution in [2.45, 2.75) is 18.8 Å². The lowest BCUT2D eigenvalue weighted by atomic mass is 9.89. The Balaban J connectivity index is 1.26. The number of rotatable bonds is 3. The third-order valence-electron chi connectivity index (χ3n) is 6.45. The lowest BCUT2D eigenvalue weighted by Crippen LogP contribution is -2.36. The summed E-state index contributed by atoms with van der Waals surface area (Å²) in [6, 6.07) is 17.9. The molecule has 4 heteroatoms. The summed E-state index contributed by atoms with van der Waals surface area (Å²) in [7, 11) is 2.16. The van der Waals surface area contributed by atoms with Crippen LogP contribution in [0.15, 0.2) is 54.7 Å². The molecule has 3 heterocycles. The molecule has 2 aromatic carbocycles. The standard InChI is InChI=1S/C24H29N3O/c1-25-18-23(22-4-2-3-5-24(22)25)19-10-12-26(13-11-19)20-6-8-21(9-7-20)27-14-16-28-17-15-27/h2-9,18-19H,10-17H2,1H3. The van der Waals surface area contributed by atoms with E-state index in [0.717, 1.165) is 39.4 Å². The Morgan fingerprint density at radius 2 is 1.39 bits per heavy atom. The van der Waals surface area contributed by atoms with Gasteiger partial charge in [0, 0.05) is 61.7 Å². The second-order valence-corrected chi connectivity index (χ2v) is 8.09. The first kappa shape index (κ1) is 17.6. The molecule has 2 fully saturated rings. The van der Waals surface area contributed by atoms with E-state index in [4.69, 9.17) is 4.74 Å². The normalized spacial score (nSPS) is 18.8. The molecule has 2 aliphatic heterocycles. The second-order valence-electron chi connectivity index (χ2n) is 8.09. The molecule has 2 saturated heterocycles. The summed E-state index contributed by atoms with van der Waals surface area (Å²) in [5.41, 5.74) is 5.55. The van der Waals surface area contributed by atoms with Gasteiger partial charge in [-0.3, -0.25) is 0 Å². The fourth-order valence-corrected chi connectivity index (χ4v) is 4.84. The Morgan fingerprint density at radius 3 is 2.07 bits per heavy atom. The van der Waals surface area contributed by atoms with Gasteiger partial charge in [-0.2, -0.15) is 0 Å². The predicted octanol–water partition coefficient (Wildman–Crippen LogP) is 4.40. The van der Waals surface area contributed by atoms with E-state index in [-0.39, 0.29) is 0 Å². The van der Waals surface area contributed by atoms with Crippen LogP contribution in [0.1, 0.15) is 24.3 Å². The summed E-state index contributed by atoms with van der Waals surface area (Å²) in [4.78, 5) is 4.96. The minimum atomic E-state index is 0.662. The monoisotopic (exact) mass is 375 g/mol. The zero-order valence-electron chi connectivity index (χ0n) is 16.7. The van der Waals surface area contributed by atoms with Gasteiger partial charge in [0.1, 0.15) is 0 Å². The molecule has 4 nitrogen and oxygen atoms in total. The number of aromatic nitrogens is 1. The molecule has 28 heavy (non-hydrogen) atoms. The van der Waals surface area contributed by atoms with Crippen LogP contribution < -0.4 is 9.80 Å². The number of aryl methyl sites for hydroxylation is 1. The summed E-state index contributed by atoms with van der Waals surface area (Å²) >= 11 is 0. The lowest BCUT2D eigenvalue weighted by molar-refractivity contribution is 0.122. The zero-order chi connectivity index (χ0) is 18.9. The summed E-state index contributed by atoms with van der Waals surface area (Å²) in [5, 5.41) is 1.43. The van der Waals surface area contributed by atoms with Gasteiger partial charge in [-0.1, -0.05) is 18.2 Å². The maximum Gasteiger partial charge on any atom is 0.0642 e. The first-order valence-electron chi connectivity index (χ1n) is 10.5. The molecule has 0 amide bonds. The molecule has 2 aliphatic rings. The van der Waals surface area contributed by atoms with Crippen LogP contribution in [0.3, 0.4) is 0 Å². The lowest BCUT2D eigenvalue weighted by Gasteiger charge is -2.34. The molecule has 1 aromatic heterocycles. The van der Waals surface area contributed by atoms with Crippen molar-refractivity contribution in [1.82, 2.24) is 4.57 Å². The van der Waals surface area contributed by atoms with E-state index in [9.17, 15) is 0 Å². The van der Waals surface area contributed by atoms with E-state index in [1.165, 1.54) is 40.7 Å². The molecular formula is C24H29N3O. The number of hydrogen-bond acceptors (Lipinski definition) is 3. The van der Waals surface area contributed by atoms with Crippen molar-refractivity contribution in [3.05, 3.63) is 60.3 Å². The van der Waals surface area contributed by atoms with Crippen LogP contribution in [0.5, 0.6) is 0 Å². The molecule has 0 bridgehead atoms. The number of benzene rings is 2. The Hall–Kier alpha value is -2.46. The molecule has 0 unspecified atom stereocenters. The zero-order valence-corrected chi connectivity index (χ0v) is 16.7. The average Bonchev–Trinajstić information content (AvgIpc) is 3.11. The van der Waals surface area contributed by atoms with Crippen LogP contribution in [-0.4, -0.2) is 44.0 Å². The van der Waals surface area contributed by atoms with Gasteiger partial charge >= 0.3 is 0 Å². The summed E-state index contributed by atoms with van der Waals surface area (Å²) < 4.78 is 7.74. The van der Waals surface area contributed by atoms with Gasteiger partial charge in [0.25, 0.3) is 0 Å². The minimum Gasteiger partial charge on any atom is -0.378 e. The van der Waals surface area contributed by atoms with Crippen LogP contribution in [0.25, 0.3) is 10.9 Å². The van der Waals surface area contributed by atoms with E-state index in [0.29, 0.717) is 5.92 Å². The highest BCUT2D eigenvalue weighted by atomic mass is 16.5. The third kappa shape index (κ3) is 3.26. The number of nitrogens with zero attached hydrogens (tertiary/aromatic N) is 3. The SMILES string of the molecule is Cn1cc(C2CCN(c3ccc(N4CCOCC4)cc3)CC2)c2ccccc21. The quantitative estimate of drug-likeness (QED) is 0.677. The van der Waals surface area contributed by atoms with E-state index in [1.807, 2.05) is 0 Å². The third-order valence-corrected chi connectivity index (χ3v) is 6.45. The Morgan fingerprint density at radius 1 is 0.786 bits per heavy atom. The Bertz CT molecular complexity index is 932. The van der Waals surface area contributed by atoms with E-state index < -0.39 is 0 Å². The maximum absolute atomic E-state index is 5.46. The van der Waals surface area contributed by atoms with E-state index >= 15 is 0 Å². The topological polar surface area (TPSA) is 20.6 Å². The van der Waals surface area contributed by atoms with Gasteiger partial charge in [0.2, 0.25) is 0 Å². The fourth-order valence-electron chi connectivity index (χ4n) is 4.84. The fraction of sp³-hybridized carbons (Fsp3) is 0.417. The van der Waals surface area contributed by atoms with Gasteiger partial charge < -0.3 is 19.1 Å². The van der Waals surface area contributed by atoms with Crippen molar-refractivity contribution in [2.24, 2.45) is 7.05 Å². The van der Waals surface area contributed by atoms with Crippen molar-refractivity contribution in [3.8, 4) is 0 Å². The highest BCUT2D eigenvalue weighted by molar-refractivity contribution is 5.84. The Labute approximate surface area is 167 Å². The van der Waals surface area contributed by atoms with Crippen LogP contribution in [0.4, 0.5) is 11.4 Å². The van der Waals surface area contributed by atoms with Crippen LogP contribution in [0.2, 0.25) is 0 Å². The van der Waals surface area contributed by atoms with Gasteiger partial charge in [0.15, 0.2) is 0 Å². The average molecular weight is 376 g/mol. The van der Waals surface area contributed by atoms with Crippen molar-refractivity contribution < 1.29 is 4.74 Å². The van der Waals surface area contributed by atoms with Crippen LogP contribution >= 0.6 is 0 Å². The van der Waals surface area contributed by atoms with Gasteiger partial charge in [-0.15, -0.1) is 0 Å². The summed E-state index contributed by atoms with van der Waals surface area (Å²) in [5.74, 6) is 0.662. The largest absolute Gasteiger partial charge is 0.378 e. The number of morpholine rings is 1. The number of fused-ring (bicyclic) bond motifs is 1. The number of para-hydroxylation sites is 1. The van der Waals surface area contributed by atoms with Gasteiger partial charge in [-0.25, -0.2) is 0 Å². The molecule has 0 N–H and O–H groups in total. The molecule has 146 valence electrons. The van der Waals surface area contributed by atoms with Crippen molar-refractivity contribution >= 4 is 22.3 Å². The predicted molar refractivity (Wildman–Crippen MR) is 117 cm³/mol. The van der Waals surface area contributed by atoms with Crippen molar-refractivity contribution in [2.75, 3.05) is 49.2 Å². The van der Waals surface area contributed by atoms with Gasteiger partial charge in [-0.05, 0) is 54.7 Å². The van der Waals surface area contributed by atoms with E-state index in [1.54, 1.807) is 0 Å². The molecular weight excluding hydrogens is 346 g/mol. The number of anilines is 2. The van der Waals surface area contributed by atoms with E-state index in [2.05, 4.69) is 76.1 Å². The molecule has 3 aromatic rings. The second kappa shape index (κ2) is 7.51. The first-order chi connectivity index (χ1) is 13.8. The maximum atomic E-state index is 5.46. The summed E-state index contributed by atoms with van der Waals surface area (Å²) in [6.45, 7) is 5.92. The van der Waals surface area contributed by atoms with Gasteiger partial charge in [0.05, 0.1) is 13.2 Å². The molecule has 5 rings (SSSR count). The first-order valence-corrected chi connectivity index (χ1v) is 10.5. The molecule has 0 radical (unpaired) electrons. The number of hydrogen-bond donors (Lipinski definition) is 0. The number of piperidine rings is 1. The minimum absolute atomic E-state index is 0.662. The number of ether oxygens (including phenoxy) is 1. The van der Waals surface area contributed by atoms with Crippen LogP contribution in [-0.2, 0) is 11.8 Å². The molecule has 0 saturated carbocycles. The summed E-state index contributed by atoms with van der Waals surface area (Å²) in [6.07, 6.45) is 4.79. The Kier molecular flexibility index (Phi) is 4.73. The van der Waals surface area contributed by atoms with Crippen molar-refractivity contribution in [1.29, 1.82) is 0 Å². The molecule has 0 atom stereocenters. The van der Waals surface area contributed by atoms with Crippen molar-refractivity contribution in [3.63, 3.8) is 0 Å². The smallest absolute Gasteiger partial charge is 0.0642 e. The highest BCUT2D eigenvalue weighted by Crippen LogP contribution is 2.35.